The summed E-state index contributed by atoms with van der Waals surface area (Å²) in [4.78, 5) is 11.9. The third-order valence-electron chi connectivity index (χ3n) is 2.18. The van der Waals surface area contributed by atoms with Crippen molar-refractivity contribution in [3.05, 3.63) is 28.6 Å². The Balaban J connectivity index is 2.61. The Labute approximate surface area is 93.2 Å². The van der Waals surface area contributed by atoms with Crippen molar-refractivity contribution >= 4 is 24.4 Å². The van der Waals surface area contributed by atoms with E-state index < -0.39 is 0 Å². The fourth-order valence-electron chi connectivity index (χ4n) is 1.44. The monoisotopic (exact) mass is 272 g/mol. The summed E-state index contributed by atoms with van der Waals surface area (Å²) in [7, 11) is 1.60. The molecule has 1 aromatic heterocycles. The fraction of sp³-hybridized carbons (Fsp3) is 0.300. The van der Waals surface area contributed by atoms with Gasteiger partial charge in [0.25, 0.3) is 0 Å². The molecule has 0 fully saturated rings. The first kappa shape index (κ1) is 10.5. The van der Waals surface area contributed by atoms with Gasteiger partial charge in [-0.25, -0.2) is 0 Å². The number of rotatable bonds is 3. The molecule has 2 aromatic rings. The number of hydrogen-bond acceptors (Lipinski definition) is 3. The van der Waals surface area contributed by atoms with E-state index in [0.717, 1.165) is 15.4 Å². The molecule has 1 aromatic carbocycles. The first-order valence-electron chi connectivity index (χ1n) is 4.64. The van der Waals surface area contributed by atoms with E-state index in [9.17, 15) is 4.79 Å². The van der Waals surface area contributed by atoms with Gasteiger partial charge in [0.2, 0.25) is 0 Å². The molecule has 2 N–H and O–H groups in total. The maximum absolute atomic E-state index is 11.9. The molecule has 0 amide bonds. The summed E-state index contributed by atoms with van der Waals surface area (Å²) in [6.45, 7) is 1.15. The van der Waals surface area contributed by atoms with Gasteiger partial charge < -0.3 is 0 Å². The van der Waals surface area contributed by atoms with E-state index in [1.165, 1.54) is 0 Å². The second kappa shape index (κ2) is 4.23. The predicted octanol–water partition coefficient (Wildman–Crippen LogP) is 0.0258. The Kier molecular flexibility index (Phi) is 2.95. The maximum atomic E-state index is 11.9. The number of methoxy groups -OCH3 is 1. The summed E-state index contributed by atoms with van der Waals surface area (Å²) >= 11 is 0.0814. The molecule has 4 nitrogen and oxygen atoms in total. The molecule has 0 aliphatic carbocycles. The van der Waals surface area contributed by atoms with E-state index >= 15 is 0 Å². The van der Waals surface area contributed by atoms with Crippen molar-refractivity contribution in [3.8, 4) is 5.75 Å². The van der Waals surface area contributed by atoms with Gasteiger partial charge in [-0.2, -0.15) is 0 Å². The van der Waals surface area contributed by atoms with Crippen LogP contribution in [0.1, 0.15) is 0 Å². The van der Waals surface area contributed by atoms with Crippen LogP contribution in [0.3, 0.4) is 0 Å². The summed E-state index contributed by atoms with van der Waals surface area (Å²) in [6, 6.07) is 5.65. The Morgan fingerprint density at radius 2 is 2.33 bits per heavy atom. The van der Waals surface area contributed by atoms with Crippen molar-refractivity contribution in [2.45, 2.75) is 6.54 Å². The zero-order valence-electron chi connectivity index (χ0n) is 8.40. The molecular weight excluding hydrogens is 259 g/mol. The van der Waals surface area contributed by atoms with E-state index in [0.29, 0.717) is 13.1 Å². The fourth-order valence-corrected chi connectivity index (χ4v) is 3.52. The standard InChI is InChI=1S/C10H12N2O2Se/c1-14-7-2-3-9-8(6-7)10(13)12(15-9)5-4-11/h2-3,6H,4-5,11H2,1H3. The Morgan fingerprint density at radius 3 is 3.00 bits per heavy atom. The van der Waals surface area contributed by atoms with Crippen molar-refractivity contribution in [1.82, 2.24) is 3.56 Å². The number of aromatic nitrogens is 1. The second-order valence-corrected chi connectivity index (χ2v) is 5.38. The topological polar surface area (TPSA) is 57.2 Å². The Morgan fingerprint density at radius 1 is 1.53 bits per heavy atom. The normalized spacial score (nSPS) is 10.8. The van der Waals surface area contributed by atoms with Crippen LogP contribution in [0.25, 0.3) is 9.65 Å². The first-order chi connectivity index (χ1) is 7.26. The molecule has 0 saturated heterocycles. The van der Waals surface area contributed by atoms with Gasteiger partial charge in [-0.1, -0.05) is 0 Å². The minimum atomic E-state index is 0.0781. The van der Waals surface area contributed by atoms with Gasteiger partial charge in [-0.05, 0) is 0 Å². The number of fused-ring (bicyclic) bond motifs is 1. The molecule has 0 radical (unpaired) electrons. The molecule has 1 heterocycles. The van der Waals surface area contributed by atoms with Crippen molar-refractivity contribution in [3.63, 3.8) is 0 Å². The van der Waals surface area contributed by atoms with Crippen LogP contribution in [0.5, 0.6) is 5.75 Å². The van der Waals surface area contributed by atoms with Crippen LogP contribution in [-0.4, -0.2) is 31.9 Å². The van der Waals surface area contributed by atoms with Crippen LogP contribution >= 0.6 is 0 Å². The molecule has 0 spiro atoms. The van der Waals surface area contributed by atoms with Gasteiger partial charge >= 0.3 is 92.9 Å². The van der Waals surface area contributed by atoms with Crippen LogP contribution in [-0.2, 0) is 6.54 Å². The van der Waals surface area contributed by atoms with Crippen LogP contribution in [0, 0.1) is 0 Å². The summed E-state index contributed by atoms with van der Waals surface area (Å²) in [6.07, 6.45) is 0. The van der Waals surface area contributed by atoms with Gasteiger partial charge in [0, 0.05) is 0 Å². The van der Waals surface area contributed by atoms with Gasteiger partial charge in [-0.3, -0.25) is 0 Å². The molecule has 0 aliphatic heterocycles. The third kappa shape index (κ3) is 1.86. The van der Waals surface area contributed by atoms with Gasteiger partial charge in [0.15, 0.2) is 0 Å². The van der Waals surface area contributed by atoms with E-state index in [4.69, 9.17) is 10.5 Å². The van der Waals surface area contributed by atoms with Crippen molar-refractivity contribution in [2.75, 3.05) is 13.7 Å². The predicted molar refractivity (Wildman–Crippen MR) is 60.8 cm³/mol. The number of ether oxygens (including phenoxy) is 1. The van der Waals surface area contributed by atoms with E-state index in [-0.39, 0.29) is 20.3 Å². The van der Waals surface area contributed by atoms with Gasteiger partial charge in [0.1, 0.15) is 0 Å². The van der Waals surface area contributed by atoms with E-state index in [2.05, 4.69) is 0 Å². The van der Waals surface area contributed by atoms with Crippen LogP contribution in [0.15, 0.2) is 23.0 Å². The van der Waals surface area contributed by atoms with E-state index in [1.807, 2.05) is 15.7 Å². The third-order valence-corrected chi connectivity index (χ3v) is 4.54. The quantitative estimate of drug-likeness (QED) is 0.801. The average molecular weight is 271 g/mol. The molecular formula is C10H12N2O2Se. The Bertz CT molecular complexity index is 530. The molecule has 0 aliphatic rings. The zero-order chi connectivity index (χ0) is 10.8. The molecule has 15 heavy (non-hydrogen) atoms. The summed E-state index contributed by atoms with van der Waals surface area (Å²) in [5, 5.41) is 0.766. The Hall–Kier alpha value is -1.03. The van der Waals surface area contributed by atoms with Crippen LogP contribution in [0.2, 0.25) is 0 Å². The van der Waals surface area contributed by atoms with Crippen molar-refractivity contribution in [2.24, 2.45) is 5.73 Å². The number of nitrogens with two attached hydrogens (primary N) is 1. The number of nitrogens with zero attached hydrogens (tertiary/aromatic N) is 1. The van der Waals surface area contributed by atoms with Crippen molar-refractivity contribution in [1.29, 1.82) is 0 Å². The SMILES string of the molecule is COc1ccc2[se]n(CCN)c(=O)c2c1. The summed E-state index contributed by atoms with van der Waals surface area (Å²) < 4.78 is 8.02. The number of hydrogen-bond donors (Lipinski definition) is 1. The summed E-state index contributed by atoms with van der Waals surface area (Å²) in [5.74, 6) is 0.729. The van der Waals surface area contributed by atoms with E-state index in [1.54, 1.807) is 13.2 Å². The molecule has 0 bridgehead atoms. The van der Waals surface area contributed by atoms with Crippen LogP contribution in [0.4, 0.5) is 0 Å². The first-order valence-corrected chi connectivity index (χ1v) is 6.26. The average Bonchev–Trinajstić information content (AvgIpc) is 2.56. The van der Waals surface area contributed by atoms with Gasteiger partial charge in [-0.15, -0.1) is 0 Å². The molecule has 0 atom stereocenters. The molecule has 0 saturated carbocycles. The van der Waals surface area contributed by atoms with Crippen LogP contribution < -0.4 is 16.0 Å². The molecule has 2 rings (SSSR count). The number of benzene rings is 1. The zero-order valence-corrected chi connectivity index (χ0v) is 10.1. The van der Waals surface area contributed by atoms with Gasteiger partial charge in [0.05, 0.1) is 0 Å². The molecule has 80 valence electrons. The molecule has 0 unspecified atom stereocenters. The second-order valence-electron chi connectivity index (χ2n) is 3.15. The molecule has 5 heteroatoms. The summed E-state index contributed by atoms with van der Waals surface area (Å²) in [5.41, 5.74) is 5.53. The minimum absolute atomic E-state index is 0.0781. The van der Waals surface area contributed by atoms with Crippen molar-refractivity contribution < 1.29 is 4.74 Å².